The Bertz CT molecular complexity index is 572. The van der Waals surface area contributed by atoms with Gasteiger partial charge in [-0.3, -0.25) is 0 Å². The van der Waals surface area contributed by atoms with Crippen LogP contribution in [0.4, 0.5) is 4.39 Å². The Morgan fingerprint density at radius 3 is 2.67 bits per heavy atom. The number of halogens is 3. The minimum absolute atomic E-state index is 0.195. The monoisotopic (exact) mass is 328 g/mol. The van der Waals surface area contributed by atoms with Gasteiger partial charge in [0.05, 0.1) is 0 Å². The van der Waals surface area contributed by atoms with Gasteiger partial charge < -0.3 is 4.74 Å². The van der Waals surface area contributed by atoms with Gasteiger partial charge in [0.25, 0.3) is 0 Å². The summed E-state index contributed by atoms with van der Waals surface area (Å²) >= 11 is 9.13. The number of benzene rings is 2. The smallest absolute Gasteiger partial charge is 0.130 e. The van der Waals surface area contributed by atoms with Crippen molar-refractivity contribution < 1.29 is 9.13 Å². The topological polar surface area (TPSA) is 9.23 Å². The van der Waals surface area contributed by atoms with Crippen molar-refractivity contribution in [2.24, 2.45) is 0 Å². The van der Waals surface area contributed by atoms with Crippen molar-refractivity contribution in [3.8, 4) is 5.75 Å². The number of aryl methyl sites for hydroxylation is 1. The molecular formula is C14H11BrClFO. The lowest BCUT2D eigenvalue weighted by atomic mass is 10.2. The molecule has 0 spiro atoms. The van der Waals surface area contributed by atoms with Crippen LogP contribution in [0.1, 0.15) is 11.1 Å². The lowest BCUT2D eigenvalue weighted by molar-refractivity contribution is 0.299. The van der Waals surface area contributed by atoms with E-state index in [1.807, 2.05) is 13.0 Å². The zero-order valence-corrected chi connectivity index (χ0v) is 12.1. The molecule has 0 saturated carbocycles. The second-order valence-electron chi connectivity index (χ2n) is 3.94. The predicted molar refractivity (Wildman–Crippen MR) is 74.6 cm³/mol. The summed E-state index contributed by atoms with van der Waals surface area (Å²) in [5.41, 5.74) is 1.45. The van der Waals surface area contributed by atoms with Gasteiger partial charge in [0.15, 0.2) is 0 Å². The molecule has 0 aromatic heterocycles. The molecule has 0 aliphatic carbocycles. The summed E-state index contributed by atoms with van der Waals surface area (Å²) in [4.78, 5) is 0. The maximum atomic E-state index is 13.6. The summed E-state index contributed by atoms with van der Waals surface area (Å²) < 4.78 is 19.8. The molecule has 0 aliphatic rings. The summed E-state index contributed by atoms with van der Waals surface area (Å²) in [7, 11) is 0. The summed E-state index contributed by atoms with van der Waals surface area (Å²) in [6.07, 6.45) is 0. The highest BCUT2D eigenvalue weighted by Crippen LogP contribution is 2.22. The minimum Gasteiger partial charge on any atom is -0.489 e. The average molecular weight is 330 g/mol. The molecule has 2 aromatic carbocycles. The first-order valence-corrected chi connectivity index (χ1v) is 6.56. The van der Waals surface area contributed by atoms with Crippen LogP contribution >= 0.6 is 27.5 Å². The van der Waals surface area contributed by atoms with E-state index in [1.165, 1.54) is 6.07 Å². The second kappa shape index (κ2) is 5.72. The van der Waals surface area contributed by atoms with Gasteiger partial charge in [-0.2, -0.15) is 0 Å². The second-order valence-corrected chi connectivity index (χ2v) is 5.26. The van der Waals surface area contributed by atoms with Crippen molar-refractivity contribution in [3.63, 3.8) is 0 Å². The van der Waals surface area contributed by atoms with E-state index >= 15 is 0 Å². The van der Waals surface area contributed by atoms with Gasteiger partial charge in [0.2, 0.25) is 0 Å². The summed E-state index contributed by atoms with van der Waals surface area (Å²) in [5.74, 6) is 0.397. The summed E-state index contributed by atoms with van der Waals surface area (Å²) in [6, 6.07) is 10.3. The first kappa shape index (κ1) is 13.4. The van der Waals surface area contributed by atoms with Crippen molar-refractivity contribution in [2.45, 2.75) is 13.5 Å². The molecular weight excluding hydrogens is 319 g/mol. The molecule has 18 heavy (non-hydrogen) atoms. The molecule has 0 aliphatic heterocycles. The maximum Gasteiger partial charge on any atom is 0.130 e. The Morgan fingerprint density at radius 1 is 1.22 bits per heavy atom. The van der Waals surface area contributed by atoms with Crippen LogP contribution in [0.2, 0.25) is 5.02 Å². The van der Waals surface area contributed by atoms with E-state index in [-0.39, 0.29) is 12.4 Å². The van der Waals surface area contributed by atoms with Gasteiger partial charge in [-0.1, -0.05) is 33.6 Å². The van der Waals surface area contributed by atoms with Crippen LogP contribution < -0.4 is 4.74 Å². The normalized spacial score (nSPS) is 10.4. The molecule has 4 heteroatoms. The average Bonchev–Trinajstić information content (AvgIpc) is 2.32. The van der Waals surface area contributed by atoms with Gasteiger partial charge in [-0.15, -0.1) is 0 Å². The van der Waals surface area contributed by atoms with Crippen LogP contribution in [0.25, 0.3) is 0 Å². The van der Waals surface area contributed by atoms with E-state index in [0.717, 1.165) is 5.56 Å². The highest BCUT2D eigenvalue weighted by molar-refractivity contribution is 9.10. The van der Waals surface area contributed by atoms with Crippen LogP contribution in [0, 0.1) is 12.7 Å². The molecule has 0 unspecified atom stereocenters. The van der Waals surface area contributed by atoms with E-state index in [0.29, 0.717) is 20.8 Å². The Hall–Kier alpha value is -1.06. The van der Waals surface area contributed by atoms with E-state index in [9.17, 15) is 4.39 Å². The Kier molecular flexibility index (Phi) is 4.25. The minimum atomic E-state index is -0.282. The molecule has 0 N–H and O–H groups in total. The third kappa shape index (κ3) is 3.24. The van der Waals surface area contributed by atoms with Gasteiger partial charge in [0, 0.05) is 15.1 Å². The lowest BCUT2D eigenvalue weighted by Crippen LogP contribution is -1.98. The van der Waals surface area contributed by atoms with Gasteiger partial charge in [0.1, 0.15) is 18.2 Å². The fraction of sp³-hybridized carbons (Fsp3) is 0.143. The van der Waals surface area contributed by atoms with Crippen molar-refractivity contribution >= 4 is 27.5 Å². The summed E-state index contributed by atoms with van der Waals surface area (Å²) in [6.45, 7) is 2.09. The highest BCUT2D eigenvalue weighted by Gasteiger charge is 2.04. The molecule has 0 heterocycles. The fourth-order valence-corrected chi connectivity index (χ4v) is 1.96. The maximum absolute atomic E-state index is 13.6. The molecule has 0 atom stereocenters. The standard InChI is InChI=1S/C14H11BrClFO/c1-9-6-12(4-5-13(9)16)18-8-10-2-3-11(15)7-14(10)17/h2-7H,8H2,1H3. The zero-order chi connectivity index (χ0) is 13.1. The van der Waals surface area contributed by atoms with Crippen LogP contribution in [0.5, 0.6) is 5.75 Å². The first-order chi connectivity index (χ1) is 8.56. The largest absolute Gasteiger partial charge is 0.489 e. The Morgan fingerprint density at radius 2 is 2.00 bits per heavy atom. The van der Waals surface area contributed by atoms with Gasteiger partial charge in [-0.05, 0) is 42.8 Å². The SMILES string of the molecule is Cc1cc(OCc2ccc(Br)cc2F)ccc1Cl. The number of ether oxygens (including phenoxy) is 1. The number of hydrogen-bond acceptors (Lipinski definition) is 1. The Balaban J connectivity index is 2.09. The van der Waals surface area contributed by atoms with Crippen molar-refractivity contribution in [2.75, 3.05) is 0 Å². The molecule has 1 nitrogen and oxygen atoms in total. The van der Waals surface area contributed by atoms with Crippen molar-refractivity contribution in [3.05, 3.63) is 62.8 Å². The van der Waals surface area contributed by atoms with Gasteiger partial charge >= 0.3 is 0 Å². The van der Waals surface area contributed by atoms with Crippen LogP contribution in [0.15, 0.2) is 40.9 Å². The van der Waals surface area contributed by atoms with E-state index in [1.54, 1.807) is 24.3 Å². The lowest BCUT2D eigenvalue weighted by Gasteiger charge is -2.08. The number of hydrogen-bond donors (Lipinski definition) is 0. The third-order valence-corrected chi connectivity index (χ3v) is 3.46. The predicted octanol–water partition coefficient (Wildman–Crippen LogP) is 5.13. The van der Waals surface area contributed by atoms with Crippen LogP contribution in [-0.2, 0) is 6.61 Å². The molecule has 0 amide bonds. The van der Waals surface area contributed by atoms with E-state index in [2.05, 4.69) is 15.9 Å². The highest BCUT2D eigenvalue weighted by atomic mass is 79.9. The molecule has 0 saturated heterocycles. The zero-order valence-electron chi connectivity index (χ0n) is 9.71. The molecule has 0 radical (unpaired) electrons. The first-order valence-electron chi connectivity index (χ1n) is 5.39. The molecule has 0 fully saturated rings. The fourth-order valence-electron chi connectivity index (χ4n) is 1.51. The van der Waals surface area contributed by atoms with Crippen molar-refractivity contribution in [1.82, 2.24) is 0 Å². The van der Waals surface area contributed by atoms with E-state index in [4.69, 9.17) is 16.3 Å². The quantitative estimate of drug-likeness (QED) is 0.758. The molecule has 0 bridgehead atoms. The third-order valence-electron chi connectivity index (χ3n) is 2.54. The van der Waals surface area contributed by atoms with E-state index < -0.39 is 0 Å². The molecule has 94 valence electrons. The van der Waals surface area contributed by atoms with Gasteiger partial charge in [-0.25, -0.2) is 4.39 Å². The number of rotatable bonds is 3. The van der Waals surface area contributed by atoms with Crippen LogP contribution in [-0.4, -0.2) is 0 Å². The Labute approximate surface area is 119 Å². The summed E-state index contributed by atoms with van der Waals surface area (Å²) in [5, 5.41) is 0.692. The van der Waals surface area contributed by atoms with Crippen molar-refractivity contribution in [1.29, 1.82) is 0 Å². The molecule has 2 aromatic rings. The van der Waals surface area contributed by atoms with Crippen LogP contribution in [0.3, 0.4) is 0 Å². The molecule has 2 rings (SSSR count).